The molecule has 4 aromatic rings. The second-order valence-electron chi connectivity index (χ2n) is 6.23. The minimum Gasteiger partial charge on any atom is -0.340 e. The molecule has 0 aliphatic heterocycles. The van der Waals surface area contributed by atoms with Crippen molar-refractivity contribution in [2.45, 2.75) is 20.8 Å². The summed E-state index contributed by atoms with van der Waals surface area (Å²) in [7, 11) is 0. The molecule has 4 rings (SSSR count). The van der Waals surface area contributed by atoms with Crippen LogP contribution in [0.3, 0.4) is 0 Å². The number of nitrogens with zero attached hydrogens (tertiary/aromatic N) is 2. The number of rotatable bonds is 3. The summed E-state index contributed by atoms with van der Waals surface area (Å²) in [5.41, 5.74) is 6.07. The third-order valence-electron chi connectivity index (χ3n) is 4.50. The molecule has 0 saturated carbocycles. The molecule has 2 aromatic heterocycles. The molecule has 0 aliphatic rings. The summed E-state index contributed by atoms with van der Waals surface area (Å²) in [6.45, 7) is 6.45. The highest BCUT2D eigenvalue weighted by molar-refractivity contribution is 7.19. The highest BCUT2D eigenvalue weighted by Crippen LogP contribution is 2.41. The number of aryl methyl sites for hydroxylation is 3. The average Bonchev–Trinajstić information content (AvgIpc) is 2.95. The second-order valence-corrected chi connectivity index (χ2v) is 7.43. The van der Waals surface area contributed by atoms with Crippen molar-refractivity contribution in [2.24, 2.45) is 0 Å². The van der Waals surface area contributed by atoms with Gasteiger partial charge in [-0.25, -0.2) is 9.97 Å². The molecular weight excluding hydrogens is 326 g/mol. The Morgan fingerprint density at radius 3 is 2.44 bits per heavy atom. The molecular formula is C21H19N3S. The Morgan fingerprint density at radius 1 is 0.880 bits per heavy atom. The predicted molar refractivity (Wildman–Crippen MR) is 107 cm³/mol. The minimum atomic E-state index is 0.855. The molecule has 0 spiro atoms. The summed E-state index contributed by atoms with van der Waals surface area (Å²) in [4.78, 5) is 11.3. The molecule has 1 N–H and O–H groups in total. The summed E-state index contributed by atoms with van der Waals surface area (Å²) >= 11 is 1.72. The van der Waals surface area contributed by atoms with Crippen LogP contribution in [-0.4, -0.2) is 9.97 Å². The molecule has 0 radical (unpaired) electrons. The van der Waals surface area contributed by atoms with Crippen molar-refractivity contribution in [1.29, 1.82) is 0 Å². The van der Waals surface area contributed by atoms with E-state index in [4.69, 9.17) is 0 Å². The second kappa shape index (κ2) is 6.30. The van der Waals surface area contributed by atoms with Crippen LogP contribution in [0.4, 0.5) is 11.5 Å². The zero-order valence-corrected chi connectivity index (χ0v) is 15.3. The molecule has 0 unspecified atom stereocenters. The Labute approximate surface area is 151 Å². The summed E-state index contributed by atoms with van der Waals surface area (Å²) in [6.07, 6.45) is 1.63. The van der Waals surface area contributed by atoms with Gasteiger partial charge in [0, 0.05) is 16.1 Å². The van der Waals surface area contributed by atoms with Gasteiger partial charge in [-0.3, -0.25) is 0 Å². The van der Waals surface area contributed by atoms with Crippen molar-refractivity contribution in [2.75, 3.05) is 5.32 Å². The molecule has 2 aromatic carbocycles. The van der Waals surface area contributed by atoms with E-state index in [1.165, 1.54) is 27.1 Å². The molecule has 0 amide bonds. The Kier molecular flexibility index (Phi) is 3.98. The lowest BCUT2D eigenvalue weighted by Crippen LogP contribution is -1.95. The van der Waals surface area contributed by atoms with Gasteiger partial charge in [-0.05, 0) is 49.6 Å². The molecule has 4 heteroatoms. The van der Waals surface area contributed by atoms with Crippen LogP contribution in [0.25, 0.3) is 21.3 Å². The van der Waals surface area contributed by atoms with Crippen molar-refractivity contribution in [3.8, 4) is 11.1 Å². The van der Waals surface area contributed by atoms with Gasteiger partial charge in [-0.2, -0.15) is 0 Å². The van der Waals surface area contributed by atoms with Crippen LogP contribution in [0.15, 0.2) is 54.9 Å². The monoisotopic (exact) mass is 345 g/mol. The molecule has 3 nitrogen and oxygen atoms in total. The topological polar surface area (TPSA) is 37.8 Å². The van der Waals surface area contributed by atoms with Crippen molar-refractivity contribution in [1.82, 2.24) is 9.97 Å². The fourth-order valence-electron chi connectivity index (χ4n) is 3.04. The first kappa shape index (κ1) is 15.8. The van der Waals surface area contributed by atoms with Gasteiger partial charge in [0.15, 0.2) is 0 Å². The van der Waals surface area contributed by atoms with Gasteiger partial charge < -0.3 is 5.32 Å². The number of nitrogens with one attached hydrogen (secondary N) is 1. The summed E-state index contributed by atoms with van der Waals surface area (Å²) in [5, 5.41) is 4.55. The van der Waals surface area contributed by atoms with Crippen molar-refractivity contribution in [3.63, 3.8) is 0 Å². The Balaban J connectivity index is 1.92. The quantitative estimate of drug-likeness (QED) is 0.493. The molecule has 2 heterocycles. The third kappa shape index (κ3) is 2.89. The number of para-hydroxylation sites is 1. The molecule has 0 aliphatic carbocycles. The van der Waals surface area contributed by atoms with E-state index in [2.05, 4.69) is 54.3 Å². The number of aromatic nitrogens is 2. The van der Waals surface area contributed by atoms with Crippen LogP contribution < -0.4 is 5.32 Å². The molecule has 0 fully saturated rings. The summed E-state index contributed by atoms with van der Waals surface area (Å²) in [6, 6.07) is 16.8. The van der Waals surface area contributed by atoms with Gasteiger partial charge in [0.1, 0.15) is 17.0 Å². The smallest absolute Gasteiger partial charge is 0.143 e. The molecule has 25 heavy (non-hydrogen) atoms. The van der Waals surface area contributed by atoms with E-state index < -0.39 is 0 Å². The maximum atomic E-state index is 4.53. The lowest BCUT2D eigenvalue weighted by molar-refractivity contribution is 1.23. The highest BCUT2D eigenvalue weighted by Gasteiger charge is 2.17. The van der Waals surface area contributed by atoms with Gasteiger partial charge in [-0.1, -0.05) is 36.4 Å². The Morgan fingerprint density at radius 2 is 1.68 bits per heavy atom. The normalized spacial score (nSPS) is 11.0. The largest absolute Gasteiger partial charge is 0.340 e. The Hall–Kier alpha value is -2.72. The fraction of sp³-hybridized carbons (Fsp3) is 0.143. The van der Waals surface area contributed by atoms with Crippen LogP contribution in [0.2, 0.25) is 0 Å². The van der Waals surface area contributed by atoms with E-state index in [0.717, 1.165) is 21.7 Å². The van der Waals surface area contributed by atoms with E-state index in [9.17, 15) is 0 Å². The summed E-state index contributed by atoms with van der Waals surface area (Å²) in [5.74, 6) is 0.855. The van der Waals surface area contributed by atoms with Crippen LogP contribution in [0.5, 0.6) is 0 Å². The van der Waals surface area contributed by atoms with Crippen LogP contribution in [0, 0.1) is 20.8 Å². The van der Waals surface area contributed by atoms with E-state index in [1.807, 2.05) is 30.3 Å². The van der Waals surface area contributed by atoms with E-state index in [1.54, 1.807) is 17.7 Å². The van der Waals surface area contributed by atoms with Gasteiger partial charge in [0.25, 0.3) is 0 Å². The first-order valence-electron chi connectivity index (χ1n) is 8.27. The number of hydrogen-bond acceptors (Lipinski definition) is 4. The summed E-state index contributed by atoms with van der Waals surface area (Å²) < 4.78 is 0. The zero-order valence-electron chi connectivity index (χ0n) is 14.5. The standard InChI is InChI=1S/C21H19N3S/c1-13-9-10-16(11-14(13)2)18-15(3)25-21-19(18)20(22-12-23-21)24-17-7-5-4-6-8-17/h4-12H,1-3H3,(H,22,23,24). The predicted octanol–water partition coefficient (Wildman–Crippen LogP) is 6.03. The molecule has 0 atom stereocenters. The van der Waals surface area contributed by atoms with Crippen LogP contribution in [-0.2, 0) is 0 Å². The zero-order chi connectivity index (χ0) is 17.4. The van der Waals surface area contributed by atoms with Crippen molar-refractivity contribution >= 4 is 33.1 Å². The highest BCUT2D eigenvalue weighted by atomic mass is 32.1. The van der Waals surface area contributed by atoms with E-state index >= 15 is 0 Å². The number of benzene rings is 2. The maximum absolute atomic E-state index is 4.53. The molecule has 124 valence electrons. The third-order valence-corrected chi connectivity index (χ3v) is 5.51. The molecule has 0 bridgehead atoms. The van der Waals surface area contributed by atoms with Crippen LogP contribution in [0.1, 0.15) is 16.0 Å². The average molecular weight is 345 g/mol. The number of hydrogen-bond donors (Lipinski definition) is 1. The first-order chi connectivity index (χ1) is 12.1. The van der Waals surface area contributed by atoms with Crippen molar-refractivity contribution < 1.29 is 0 Å². The van der Waals surface area contributed by atoms with E-state index in [-0.39, 0.29) is 0 Å². The van der Waals surface area contributed by atoms with Crippen molar-refractivity contribution in [3.05, 3.63) is 70.9 Å². The van der Waals surface area contributed by atoms with Gasteiger partial charge in [0.05, 0.1) is 5.39 Å². The lowest BCUT2D eigenvalue weighted by atomic mass is 9.99. The number of anilines is 2. The SMILES string of the molecule is Cc1ccc(-c2c(C)sc3ncnc(Nc4ccccc4)c23)cc1C. The fourth-order valence-corrected chi connectivity index (χ4v) is 4.05. The Bertz CT molecular complexity index is 1050. The van der Waals surface area contributed by atoms with Gasteiger partial charge in [-0.15, -0.1) is 11.3 Å². The van der Waals surface area contributed by atoms with E-state index in [0.29, 0.717) is 0 Å². The number of thiophene rings is 1. The maximum Gasteiger partial charge on any atom is 0.143 e. The molecule has 0 saturated heterocycles. The van der Waals surface area contributed by atoms with Gasteiger partial charge >= 0.3 is 0 Å². The van der Waals surface area contributed by atoms with Gasteiger partial charge in [0.2, 0.25) is 0 Å². The minimum absolute atomic E-state index is 0.855. The first-order valence-corrected chi connectivity index (χ1v) is 9.09. The van der Waals surface area contributed by atoms with Crippen LogP contribution >= 0.6 is 11.3 Å². The lowest BCUT2D eigenvalue weighted by Gasteiger charge is -2.10. The number of fused-ring (bicyclic) bond motifs is 1.